The number of para-hydroxylation sites is 2. The number of rotatable bonds is 5. The van der Waals surface area contributed by atoms with Gasteiger partial charge in [-0.1, -0.05) is 12.1 Å². The van der Waals surface area contributed by atoms with E-state index < -0.39 is 0 Å². The van der Waals surface area contributed by atoms with E-state index in [2.05, 4.69) is 74.6 Å². The van der Waals surface area contributed by atoms with Crippen LogP contribution in [0.5, 0.6) is 0 Å². The van der Waals surface area contributed by atoms with Crippen molar-refractivity contribution in [2.75, 3.05) is 13.6 Å². The fourth-order valence-corrected chi connectivity index (χ4v) is 3.56. The number of fused-ring (bicyclic) bond motifs is 1. The highest BCUT2D eigenvalue weighted by Gasteiger charge is 2.11. The van der Waals surface area contributed by atoms with Gasteiger partial charge < -0.3 is 19.4 Å². The summed E-state index contributed by atoms with van der Waals surface area (Å²) in [6.07, 6.45) is 2.06. The zero-order valence-electron chi connectivity index (χ0n) is 16.1. The zero-order chi connectivity index (χ0) is 18.7. The summed E-state index contributed by atoms with van der Waals surface area (Å²) >= 11 is 3.53. The molecule has 0 unspecified atom stereocenters. The van der Waals surface area contributed by atoms with Crippen LogP contribution in [0, 0.1) is 0 Å². The quantitative estimate of drug-likeness (QED) is 0.301. The molecule has 3 rings (SSSR count). The molecule has 0 atom stereocenters. The van der Waals surface area contributed by atoms with Crippen LogP contribution >= 0.6 is 39.9 Å². The molecule has 0 radical (unpaired) electrons. The Labute approximate surface area is 185 Å². The maximum absolute atomic E-state index is 4.80. The molecule has 6 nitrogen and oxygen atoms in total. The third kappa shape index (κ3) is 5.04. The molecule has 2 aromatic heterocycles. The molecule has 146 valence electrons. The summed E-state index contributed by atoms with van der Waals surface area (Å²) in [5.74, 6) is 1.83. The van der Waals surface area contributed by atoms with Gasteiger partial charge in [-0.05, 0) is 41.1 Å². The first-order chi connectivity index (χ1) is 12.5. The van der Waals surface area contributed by atoms with Crippen molar-refractivity contribution >= 4 is 56.9 Å². The van der Waals surface area contributed by atoms with Gasteiger partial charge in [-0.15, -0.1) is 24.0 Å². The molecule has 0 saturated carbocycles. The molecule has 0 saturated heterocycles. The standard InChI is InChI=1S/C19H25BrN6.HI/c1-5-21-19(25(3)13-15-10-14(20)12-24(15)2)22-11-18-23-16-8-6-7-9-17(16)26(18)4;/h6-10,12H,5,11,13H2,1-4H3,(H,21,22);1H. The molecule has 3 aromatic rings. The second-order valence-corrected chi connectivity index (χ2v) is 7.28. The minimum atomic E-state index is 0. The Kier molecular flexibility index (Phi) is 7.72. The molecule has 0 aliphatic carbocycles. The normalized spacial score (nSPS) is 11.5. The van der Waals surface area contributed by atoms with E-state index in [1.807, 2.05) is 25.2 Å². The summed E-state index contributed by atoms with van der Waals surface area (Å²) in [6.45, 7) is 4.21. The predicted molar refractivity (Wildman–Crippen MR) is 126 cm³/mol. The van der Waals surface area contributed by atoms with Gasteiger partial charge in [0.25, 0.3) is 0 Å². The maximum Gasteiger partial charge on any atom is 0.194 e. The maximum atomic E-state index is 4.80. The van der Waals surface area contributed by atoms with Crippen molar-refractivity contribution in [1.29, 1.82) is 0 Å². The van der Waals surface area contributed by atoms with Crippen LogP contribution in [0.25, 0.3) is 11.0 Å². The van der Waals surface area contributed by atoms with Gasteiger partial charge in [0.05, 0.1) is 17.6 Å². The van der Waals surface area contributed by atoms with Gasteiger partial charge >= 0.3 is 0 Å². The van der Waals surface area contributed by atoms with Crippen LogP contribution in [-0.4, -0.2) is 38.6 Å². The first-order valence-electron chi connectivity index (χ1n) is 8.70. The van der Waals surface area contributed by atoms with Crippen LogP contribution in [0.3, 0.4) is 0 Å². The number of hydrogen-bond donors (Lipinski definition) is 1. The molecule has 0 aliphatic heterocycles. The fourth-order valence-electron chi connectivity index (χ4n) is 2.99. The first kappa shape index (κ1) is 21.7. The lowest BCUT2D eigenvalue weighted by Crippen LogP contribution is -2.38. The SMILES string of the molecule is CCNC(=NCc1nc2ccccc2n1C)N(C)Cc1cc(Br)cn1C.I. The van der Waals surface area contributed by atoms with E-state index in [1.165, 1.54) is 5.69 Å². The smallest absolute Gasteiger partial charge is 0.194 e. The van der Waals surface area contributed by atoms with Crippen molar-refractivity contribution in [2.24, 2.45) is 19.1 Å². The highest BCUT2D eigenvalue weighted by Crippen LogP contribution is 2.16. The lowest BCUT2D eigenvalue weighted by Gasteiger charge is -2.22. The minimum absolute atomic E-state index is 0. The fraction of sp³-hybridized carbons (Fsp3) is 0.368. The summed E-state index contributed by atoms with van der Waals surface area (Å²) in [6, 6.07) is 10.3. The highest BCUT2D eigenvalue weighted by molar-refractivity contribution is 14.0. The van der Waals surface area contributed by atoms with E-state index in [9.17, 15) is 0 Å². The molecule has 0 fully saturated rings. The summed E-state index contributed by atoms with van der Waals surface area (Å²) in [5, 5.41) is 3.37. The summed E-state index contributed by atoms with van der Waals surface area (Å²) < 4.78 is 5.32. The van der Waals surface area contributed by atoms with Gasteiger partial charge in [0, 0.05) is 44.1 Å². The van der Waals surface area contributed by atoms with Gasteiger partial charge in [-0.25, -0.2) is 9.98 Å². The van der Waals surface area contributed by atoms with Crippen LogP contribution in [0.2, 0.25) is 0 Å². The third-order valence-electron chi connectivity index (χ3n) is 4.42. The number of aromatic nitrogens is 3. The van der Waals surface area contributed by atoms with Gasteiger partial charge in [0.1, 0.15) is 12.4 Å². The van der Waals surface area contributed by atoms with E-state index in [4.69, 9.17) is 9.98 Å². The van der Waals surface area contributed by atoms with Crippen molar-refractivity contribution in [3.8, 4) is 0 Å². The Morgan fingerprint density at radius 2 is 2.04 bits per heavy atom. The molecule has 2 heterocycles. The van der Waals surface area contributed by atoms with Crippen LogP contribution in [0.4, 0.5) is 0 Å². The number of nitrogens with zero attached hydrogens (tertiary/aromatic N) is 5. The van der Waals surface area contributed by atoms with Gasteiger partial charge in [-0.3, -0.25) is 0 Å². The molecular formula is C19H26BrIN6. The Morgan fingerprint density at radius 1 is 1.30 bits per heavy atom. The average Bonchev–Trinajstić information content (AvgIpc) is 3.10. The third-order valence-corrected chi connectivity index (χ3v) is 4.85. The highest BCUT2D eigenvalue weighted by atomic mass is 127. The molecule has 0 bridgehead atoms. The van der Waals surface area contributed by atoms with Crippen LogP contribution in [-0.2, 0) is 27.2 Å². The van der Waals surface area contributed by atoms with Crippen molar-refractivity contribution in [2.45, 2.75) is 20.0 Å². The van der Waals surface area contributed by atoms with Gasteiger partial charge in [0.15, 0.2) is 5.96 Å². The number of imidazole rings is 1. The number of hydrogen-bond acceptors (Lipinski definition) is 2. The Hall–Kier alpha value is -1.55. The minimum Gasteiger partial charge on any atom is -0.357 e. The number of nitrogens with one attached hydrogen (secondary N) is 1. The monoisotopic (exact) mass is 544 g/mol. The van der Waals surface area contributed by atoms with E-state index >= 15 is 0 Å². The van der Waals surface area contributed by atoms with Crippen molar-refractivity contribution in [3.63, 3.8) is 0 Å². The Morgan fingerprint density at radius 3 is 2.67 bits per heavy atom. The van der Waals surface area contributed by atoms with Gasteiger partial charge in [-0.2, -0.15) is 0 Å². The number of aliphatic imine (C=N–C) groups is 1. The van der Waals surface area contributed by atoms with Crippen LogP contribution < -0.4 is 5.32 Å². The van der Waals surface area contributed by atoms with E-state index in [1.54, 1.807) is 0 Å². The van der Waals surface area contributed by atoms with E-state index in [0.29, 0.717) is 6.54 Å². The Bertz CT molecular complexity index is 930. The molecule has 1 N–H and O–H groups in total. The van der Waals surface area contributed by atoms with Crippen molar-refractivity contribution in [3.05, 3.63) is 52.5 Å². The van der Waals surface area contributed by atoms with Crippen molar-refractivity contribution in [1.82, 2.24) is 24.3 Å². The molecule has 0 amide bonds. The van der Waals surface area contributed by atoms with E-state index in [-0.39, 0.29) is 24.0 Å². The molecular weight excluding hydrogens is 519 g/mol. The summed E-state index contributed by atoms with van der Waals surface area (Å²) in [4.78, 5) is 11.6. The van der Waals surface area contributed by atoms with Crippen LogP contribution in [0.1, 0.15) is 18.4 Å². The Balaban J connectivity index is 0.00000261. The molecule has 8 heteroatoms. The number of aryl methyl sites for hydroxylation is 2. The number of guanidine groups is 1. The lowest BCUT2D eigenvalue weighted by atomic mass is 10.3. The van der Waals surface area contributed by atoms with E-state index in [0.717, 1.165) is 40.4 Å². The molecule has 0 spiro atoms. The number of benzene rings is 1. The van der Waals surface area contributed by atoms with Crippen LogP contribution in [0.15, 0.2) is 46.0 Å². The lowest BCUT2D eigenvalue weighted by molar-refractivity contribution is 0.461. The summed E-state index contributed by atoms with van der Waals surface area (Å²) in [7, 11) is 6.15. The summed E-state index contributed by atoms with van der Waals surface area (Å²) in [5.41, 5.74) is 3.35. The first-order valence-corrected chi connectivity index (χ1v) is 9.49. The number of halogens is 2. The zero-order valence-corrected chi connectivity index (χ0v) is 20.0. The molecule has 27 heavy (non-hydrogen) atoms. The molecule has 1 aromatic carbocycles. The topological polar surface area (TPSA) is 50.4 Å². The largest absolute Gasteiger partial charge is 0.357 e. The molecule has 0 aliphatic rings. The predicted octanol–water partition coefficient (Wildman–Crippen LogP) is 3.89. The second kappa shape index (κ2) is 9.59. The average molecular weight is 545 g/mol. The second-order valence-electron chi connectivity index (χ2n) is 6.36. The van der Waals surface area contributed by atoms with Crippen molar-refractivity contribution < 1.29 is 0 Å². The van der Waals surface area contributed by atoms with Gasteiger partial charge in [0.2, 0.25) is 0 Å².